The van der Waals surface area contributed by atoms with Gasteiger partial charge in [0.05, 0.1) is 19.1 Å². The highest BCUT2D eigenvalue weighted by atomic mass is 35.5. The normalized spacial score (nSPS) is 11.2. The number of rotatable bonds is 5. The van der Waals surface area contributed by atoms with Crippen LogP contribution < -0.4 is 16.6 Å². The molecule has 0 saturated heterocycles. The second-order valence-corrected chi connectivity index (χ2v) is 7.69. The lowest BCUT2D eigenvalue weighted by molar-refractivity contribution is -0.116. The van der Waals surface area contributed by atoms with Crippen LogP contribution in [0.15, 0.2) is 46.4 Å². The molecule has 0 saturated carbocycles. The van der Waals surface area contributed by atoms with E-state index in [9.17, 15) is 14.4 Å². The van der Waals surface area contributed by atoms with Crippen LogP contribution >= 0.6 is 23.2 Å². The minimum atomic E-state index is -0.526. The Morgan fingerprint density at radius 3 is 2.52 bits per heavy atom. The highest BCUT2D eigenvalue weighted by Crippen LogP contribution is 2.26. The SMILES string of the molecule is Cn1c(=O)c2c(ncn2CC(=O)Nc2ccnn2Cc2c(Cl)cccc2Cl)n(C)c1=O. The number of carbonyl (C=O) groups excluding carboxylic acids is 1. The van der Waals surface area contributed by atoms with Gasteiger partial charge in [-0.1, -0.05) is 29.3 Å². The van der Waals surface area contributed by atoms with Gasteiger partial charge < -0.3 is 9.88 Å². The third-order valence-electron chi connectivity index (χ3n) is 4.88. The van der Waals surface area contributed by atoms with Crippen molar-refractivity contribution in [3.63, 3.8) is 0 Å². The number of benzene rings is 1. The van der Waals surface area contributed by atoms with Gasteiger partial charge in [0.2, 0.25) is 5.91 Å². The van der Waals surface area contributed by atoms with Crippen LogP contribution in [-0.2, 0) is 32.0 Å². The van der Waals surface area contributed by atoms with Crippen LogP contribution in [0, 0.1) is 0 Å². The number of carbonyl (C=O) groups is 1. The Kier molecular flexibility index (Phi) is 5.42. The molecule has 1 amide bonds. The van der Waals surface area contributed by atoms with Crippen molar-refractivity contribution in [2.45, 2.75) is 13.1 Å². The maximum Gasteiger partial charge on any atom is 0.332 e. The largest absolute Gasteiger partial charge is 0.332 e. The fraction of sp³-hybridized carbons (Fsp3) is 0.211. The van der Waals surface area contributed by atoms with Gasteiger partial charge in [-0.3, -0.25) is 18.7 Å². The summed E-state index contributed by atoms with van der Waals surface area (Å²) in [6, 6.07) is 6.83. The molecule has 0 aliphatic carbocycles. The smallest absolute Gasteiger partial charge is 0.315 e. The van der Waals surface area contributed by atoms with Crippen LogP contribution in [-0.4, -0.2) is 34.4 Å². The zero-order valence-corrected chi connectivity index (χ0v) is 18.1. The molecule has 31 heavy (non-hydrogen) atoms. The quantitative estimate of drug-likeness (QED) is 0.485. The van der Waals surface area contributed by atoms with E-state index >= 15 is 0 Å². The van der Waals surface area contributed by atoms with Gasteiger partial charge >= 0.3 is 5.69 Å². The molecular formula is C19H17Cl2N7O3. The molecule has 12 heteroatoms. The molecule has 0 radical (unpaired) electrons. The van der Waals surface area contributed by atoms with Crippen molar-refractivity contribution < 1.29 is 4.79 Å². The molecule has 10 nitrogen and oxygen atoms in total. The van der Waals surface area contributed by atoms with E-state index < -0.39 is 17.2 Å². The number of anilines is 1. The molecule has 0 aliphatic rings. The van der Waals surface area contributed by atoms with Crippen molar-refractivity contribution in [1.29, 1.82) is 0 Å². The predicted molar refractivity (Wildman–Crippen MR) is 117 cm³/mol. The Bertz CT molecular complexity index is 1410. The maximum absolute atomic E-state index is 12.7. The summed E-state index contributed by atoms with van der Waals surface area (Å²) in [6.07, 6.45) is 2.89. The summed E-state index contributed by atoms with van der Waals surface area (Å²) < 4.78 is 5.19. The van der Waals surface area contributed by atoms with Gasteiger partial charge in [0.1, 0.15) is 12.4 Å². The van der Waals surface area contributed by atoms with Crippen molar-refractivity contribution >= 4 is 46.1 Å². The molecule has 3 heterocycles. The standard InChI is InChI=1S/C19H17Cl2N7O3/c1-25-17-16(18(30)26(2)19(25)31)27(10-22-17)9-15(29)24-14-6-7-23-28(14)8-11-12(20)4-3-5-13(11)21/h3-7,10H,8-9H2,1-2H3,(H,24,29). The molecule has 0 unspecified atom stereocenters. The first kappa shape index (κ1) is 20.9. The first-order valence-corrected chi connectivity index (χ1v) is 9.89. The number of amides is 1. The van der Waals surface area contributed by atoms with Gasteiger partial charge in [0, 0.05) is 35.8 Å². The number of nitrogens with one attached hydrogen (secondary N) is 1. The van der Waals surface area contributed by atoms with Crippen molar-refractivity contribution in [3.05, 3.63) is 73.2 Å². The van der Waals surface area contributed by atoms with E-state index in [4.69, 9.17) is 23.2 Å². The summed E-state index contributed by atoms with van der Waals surface area (Å²) in [5, 5.41) is 7.96. The molecule has 160 valence electrons. The molecule has 0 spiro atoms. The van der Waals surface area contributed by atoms with E-state index in [1.54, 1.807) is 35.1 Å². The Balaban J connectivity index is 1.58. The monoisotopic (exact) mass is 461 g/mol. The minimum absolute atomic E-state index is 0.163. The number of aryl methyl sites for hydroxylation is 1. The molecular weight excluding hydrogens is 445 g/mol. The van der Waals surface area contributed by atoms with Gasteiger partial charge in [0.25, 0.3) is 5.56 Å². The van der Waals surface area contributed by atoms with E-state index in [0.29, 0.717) is 21.4 Å². The number of nitrogens with zero attached hydrogens (tertiary/aromatic N) is 6. The first-order chi connectivity index (χ1) is 14.8. The summed E-state index contributed by atoms with van der Waals surface area (Å²) >= 11 is 12.5. The lowest BCUT2D eigenvalue weighted by Gasteiger charge is -2.12. The molecule has 0 atom stereocenters. The average Bonchev–Trinajstić information content (AvgIpc) is 3.34. The van der Waals surface area contributed by atoms with E-state index in [2.05, 4.69) is 15.4 Å². The molecule has 0 bridgehead atoms. The molecule has 0 aliphatic heterocycles. The van der Waals surface area contributed by atoms with E-state index in [1.165, 1.54) is 29.6 Å². The summed E-state index contributed by atoms with van der Waals surface area (Å²) in [4.78, 5) is 41.4. The van der Waals surface area contributed by atoms with Gasteiger partial charge in [-0.25, -0.2) is 14.5 Å². The third kappa shape index (κ3) is 3.75. The van der Waals surface area contributed by atoms with E-state index in [1.807, 2.05) is 0 Å². The minimum Gasteiger partial charge on any atom is -0.315 e. The number of aromatic nitrogens is 6. The van der Waals surface area contributed by atoms with Crippen LogP contribution in [0.4, 0.5) is 5.82 Å². The first-order valence-electron chi connectivity index (χ1n) is 9.13. The number of hydrogen-bond acceptors (Lipinski definition) is 5. The molecule has 1 aromatic carbocycles. The predicted octanol–water partition coefficient (Wildman–Crippen LogP) is 1.62. The highest BCUT2D eigenvalue weighted by molar-refractivity contribution is 6.36. The Morgan fingerprint density at radius 2 is 1.81 bits per heavy atom. The average molecular weight is 462 g/mol. The summed E-state index contributed by atoms with van der Waals surface area (Å²) in [5.41, 5.74) is 0.0293. The van der Waals surface area contributed by atoms with Crippen LogP contribution in [0.1, 0.15) is 5.56 Å². The summed E-state index contributed by atoms with van der Waals surface area (Å²) in [7, 11) is 2.89. The fourth-order valence-electron chi connectivity index (χ4n) is 3.25. The fourth-order valence-corrected chi connectivity index (χ4v) is 3.77. The summed E-state index contributed by atoms with van der Waals surface area (Å²) in [6.45, 7) is 0.0831. The van der Waals surface area contributed by atoms with Crippen molar-refractivity contribution in [2.24, 2.45) is 14.1 Å². The van der Waals surface area contributed by atoms with Crippen molar-refractivity contribution in [1.82, 2.24) is 28.5 Å². The van der Waals surface area contributed by atoms with Gasteiger partial charge in [-0.05, 0) is 12.1 Å². The molecule has 4 aromatic rings. The van der Waals surface area contributed by atoms with Gasteiger partial charge in [0.15, 0.2) is 11.2 Å². The Hall–Kier alpha value is -3.37. The lowest BCUT2D eigenvalue weighted by atomic mass is 10.2. The van der Waals surface area contributed by atoms with Gasteiger partial charge in [-0.2, -0.15) is 5.10 Å². The number of imidazole rings is 1. The Labute approximate surface area is 185 Å². The number of hydrogen-bond donors (Lipinski definition) is 1. The third-order valence-corrected chi connectivity index (χ3v) is 5.59. The molecule has 4 rings (SSSR count). The molecule has 0 fully saturated rings. The molecule has 3 aromatic heterocycles. The van der Waals surface area contributed by atoms with Crippen LogP contribution in [0.2, 0.25) is 10.0 Å². The van der Waals surface area contributed by atoms with Gasteiger partial charge in [-0.15, -0.1) is 0 Å². The topological polar surface area (TPSA) is 109 Å². The highest BCUT2D eigenvalue weighted by Gasteiger charge is 2.17. The molecule has 1 N–H and O–H groups in total. The Morgan fingerprint density at radius 1 is 1.10 bits per heavy atom. The maximum atomic E-state index is 12.7. The van der Waals surface area contributed by atoms with Crippen LogP contribution in [0.5, 0.6) is 0 Å². The lowest BCUT2D eigenvalue weighted by Crippen LogP contribution is -2.37. The number of fused-ring (bicyclic) bond motifs is 1. The second-order valence-electron chi connectivity index (χ2n) is 6.87. The zero-order chi connectivity index (χ0) is 22.3. The van der Waals surface area contributed by atoms with E-state index in [-0.39, 0.29) is 24.3 Å². The van der Waals surface area contributed by atoms with E-state index in [0.717, 1.165) is 4.57 Å². The number of halogens is 2. The van der Waals surface area contributed by atoms with Crippen molar-refractivity contribution in [2.75, 3.05) is 5.32 Å². The van der Waals surface area contributed by atoms with Crippen LogP contribution in [0.25, 0.3) is 11.2 Å². The van der Waals surface area contributed by atoms with Crippen LogP contribution in [0.3, 0.4) is 0 Å². The van der Waals surface area contributed by atoms with Crippen molar-refractivity contribution in [3.8, 4) is 0 Å². The zero-order valence-electron chi connectivity index (χ0n) is 16.5. The second kappa shape index (κ2) is 8.05. The summed E-state index contributed by atoms with van der Waals surface area (Å²) in [5.74, 6) is 0.0351.